The van der Waals surface area contributed by atoms with E-state index in [2.05, 4.69) is 24.1 Å². The van der Waals surface area contributed by atoms with Crippen molar-refractivity contribution in [2.75, 3.05) is 13.3 Å². The topological polar surface area (TPSA) is 64.9 Å². The van der Waals surface area contributed by atoms with Gasteiger partial charge in [-0.25, -0.2) is 4.98 Å². The van der Waals surface area contributed by atoms with Gasteiger partial charge in [-0.15, -0.1) is 0 Å². The minimum absolute atomic E-state index is 0.0363. The number of aromatic nitrogens is 2. The van der Waals surface area contributed by atoms with Crippen LogP contribution in [0.2, 0.25) is 0 Å². The van der Waals surface area contributed by atoms with Gasteiger partial charge < -0.3 is 19.2 Å². The van der Waals surface area contributed by atoms with E-state index < -0.39 is 0 Å². The van der Waals surface area contributed by atoms with Crippen LogP contribution < -0.4 is 14.8 Å². The van der Waals surface area contributed by atoms with Crippen LogP contribution in [0.3, 0.4) is 0 Å². The Morgan fingerprint density at radius 1 is 1.21 bits per heavy atom. The van der Waals surface area contributed by atoms with Gasteiger partial charge in [-0.2, -0.15) is 0 Å². The Morgan fingerprint density at radius 2 is 2.07 bits per heavy atom. The third kappa shape index (κ3) is 3.81. The molecule has 0 saturated carbocycles. The summed E-state index contributed by atoms with van der Waals surface area (Å²) >= 11 is 0. The number of fused-ring (bicyclic) bond motifs is 2. The van der Waals surface area contributed by atoms with Crippen molar-refractivity contribution in [1.29, 1.82) is 0 Å². The summed E-state index contributed by atoms with van der Waals surface area (Å²) in [5.74, 6) is 1.92. The second kappa shape index (κ2) is 7.92. The zero-order valence-corrected chi connectivity index (χ0v) is 16.2. The molecule has 1 aliphatic rings. The van der Waals surface area contributed by atoms with Crippen molar-refractivity contribution in [1.82, 2.24) is 14.7 Å². The molecule has 1 aliphatic heterocycles. The molecule has 0 aliphatic carbocycles. The molecule has 1 N–H and O–H groups in total. The number of carbonyl (C=O) groups is 1. The first-order valence-corrected chi connectivity index (χ1v) is 9.70. The van der Waals surface area contributed by atoms with Crippen LogP contribution in [-0.4, -0.2) is 28.6 Å². The third-order valence-electron chi connectivity index (χ3n) is 5.04. The molecule has 0 fully saturated rings. The van der Waals surface area contributed by atoms with Gasteiger partial charge in [0, 0.05) is 31.3 Å². The van der Waals surface area contributed by atoms with Crippen LogP contribution in [0, 0.1) is 5.92 Å². The average molecular weight is 379 g/mol. The van der Waals surface area contributed by atoms with E-state index in [9.17, 15) is 4.79 Å². The monoisotopic (exact) mass is 379 g/mol. The van der Waals surface area contributed by atoms with E-state index in [1.807, 2.05) is 53.2 Å². The van der Waals surface area contributed by atoms with Gasteiger partial charge in [0.2, 0.25) is 12.7 Å². The Hall–Kier alpha value is -3.02. The molecule has 1 aromatic carbocycles. The number of pyridine rings is 1. The van der Waals surface area contributed by atoms with Gasteiger partial charge in [-0.1, -0.05) is 26.0 Å². The Kier molecular flexibility index (Phi) is 5.19. The Bertz CT molecular complexity index is 980. The van der Waals surface area contributed by atoms with Gasteiger partial charge in [0.25, 0.3) is 0 Å². The van der Waals surface area contributed by atoms with Gasteiger partial charge in [-0.3, -0.25) is 4.79 Å². The minimum Gasteiger partial charge on any atom is -0.454 e. The fourth-order valence-corrected chi connectivity index (χ4v) is 3.49. The summed E-state index contributed by atoms with van der Waals surface area (Å²) in [6, 6.07) is 11.8. The lowest BCUT2D eigenvalue weighted by molar-refractivity contribution is -0.121. The number of ether oxygens (including phenoxy) is 2. The van der Waals surface area contributed by atoms with Gasteiger partial charge in [0.1, 0.15) is 5.65 Å². The fraction of sp³-hybridized carbons (Fsp3) is 0.364. The van der Waals surface area contributed by atoms with Crippen molar-refractivity contribution in [3.05, 3.63) is 60.0 Å². The number of amides is 1. The summed E-state index contributed by atoms with van der Waals surface area (Å²) < 4.78 is 13.0. The van der Waals surface area contributed by atoms with Gasteiger partial charge in [0.15, 0.2) is 11.5 Å². The number of nitrogens with zero attached hydrogens (tertiary/aromatic N) is 2. The number of benzene rings is 1. The lowest BCUT2D eigenvalue weighted by Gasteiger charge is -2.18. The van der Waals surface area contributed by atoms with Gasteiger partial charge in [0.05, 0.1) is 5.69 Å². The standard InChI is InChI=1S/C22H25N3O3/c1-15(2)8-9-23-22(26)12-17(16-6-7-19-20(11-16)28-14-27-19)18-13-24-21-5-3-4-10-25(18)21/h3-7,10-11,13,15,17H,8-9,12,14H2,1-2H3,(H,23,26). The molecule has 1 atom stereocenters. The normalized spacial score (nSPS) is 13.8. The summed E-state index contributed by atoms with van der Waals surface area (Å²) in [6.07, 6.45) is 5.15. The molecule has 28 heavy (non-hydrogen) atoms. The Morgan fingerprint density at radius 3 is 2.93 bits per heavy atom. The average Bonchev–Trinajstić information content (AvgIpc) is 3.32. The number of nitrogens with one attached hydrogen (secondary N) is 1. The Balaban J connectivity index is 1.64. The Labute approximate surface area is 164 Å². The summed E-state index contributed by atoms with van der Waals surface area (Å²) in [4.78, 5) is 17.2. The van der Waals surface area contributed by atoms with Crippen LogP contribution in [0.4, 0.5) is 0 Å². The van der Waals surface area contributed by atoms with Crippen LogP contribution in [0.15, 0.2) is 48.8 Å². The first kappa shape index (κ1) is 18.3. The molecular formula is C22H25N3O3. The zero-order valence-electron chi connectivity index (χ0n) is 16.2. The number of carbonyl (C=O) groups excluding carboxylic acids is 1. The first-order valence-electron chi connectivity index (χ1n) is 9.70. The summed E-state index contributed by atoms with van der Waals surface area (Å²) in [5.41, 5.74) is 2.85. The van der Waals surface area contributed by atoms with Crippen LogP contribution >= 0.6 is 0 Å². The highest BCUT2D eigenvalue weighted by Gasteiger charge is 2.24. The molecule has 0 saturated heterocycles. The number of rotatable bonds is 7. The van der Waals surface area contributed by atoms with Crippen LogP contribution in [-0.2, 0) is 4.79 Å². The van der Waals surface area contributed by atoms with Crippen molar-refractivity contribution in [3.8, 4) is 11.5 Å². The summed E-state index contributed by atoms with van der Waals surface area (Å²) in [7, 11) is 0. The second-order valence-electron chi connectivity index (χ2n) is 7.51. The molecular weight excluding hydrogens is 354 g/mol. The highest BCUT2D eigenvalue weighted by atomic mass is 16.7. The molecule has 6 heteroatoms. The molecule has 3 heterocycles. The maximum absolute atomic E-state index is 12.7. The van der Waals surface area contributed by atoms with Crippen molar-refractivity contribution in [2.24, 2.45) is 5.92 Å². The van der Waals surface area contributed by atoms with Crippen LogP contribution in [0.1, 0.15) is 43.9 Å². The van der Waals surface area contributed by atoms with Crippen molar-refractivity contribution in [2.45, 2.75) is 32.6 Å². The molecule has 6 nitrogen and oxygen atoms in total. The largest absolute Gasteiger partial charge is 0.454 e. The minimum atomic E-state index is -0.133. The molecule has 1 unspecified atom stereocenters. The van der Waals surface area contributed by atoms with E-state index in [0.717, 1.165) is 34.8 Å². The van der Waals surface area contributed by atoms with Crippen LogP contribution in [0.25, 0.3) is 5.65 Å². The highest BCUT2D eigenvalue weighted by Crippen LogP contribution is 2.37. The molecule has 0 radical (unpaired) electrons. The van der Waals surface area contributed by atoms with Gasteiger partial charge >= 0.3 is 0 Å². The molecule has 2 aromatic heterocycles. The lowest BCUT2D eigenvalue weighted by atomic mass is 9.92. The maximum atomic E-state index is 12.7. The fourth-order valence-electron chi connectivity index (χ4n) is 3.49. The van der Waals surface area contributed by atoms with Crippen molar-refractivity contribution in [3.63, 3.8) is 0 Å². The summed E-state index contributed by atoms with van der Waals surface area (Å²) in [5, 5.41) is 3.05. The van der Waals surface area contributed by atoms with E-state index in [1.165, 1.54) is 0 Å². The lowest BCUT2D eigenvalue weighted by Crippen LogP contribution is -2.27. The molecule has 0 bridgehead atoms. The van der Waals surface area contributed by atoms with Crippen molar-refractivity contribution >= 4 is 11.6 Å². The van der Waals surface area contributed by atoms with E-state index in [-0.39, 0.29) is 18.6 Å². The highest BCUT2D eigenvalue weighted by molar-refractivity contribution is 5.77. The number of imidazole rings is 1. The molecule has 0 spiro atoms. The van der Waals surface area contributed by atoms with Gasteiger partial charge in [-0.05, 0) is 42.2 Å². The van der Waals surface area contributed by atoms with E-state index in [4.69, 9.17) is 9.47 Å². The van der Waals surface area contributed by atoms with Crippen LogP contribution in [0.5, 0.6) is 11.5 Å². The zero-order chi connectivity index (χ0) is 19.5. The van der Waals surface area contributed by atoms with Crippen molar-refractivity contribution < 1.29 is 14.3 Å². The molecule has 146 valence electrons. The van der Waals surface area contributed by atoms with E-state index in [0.29, 0.717) is 18.9 Å². The predicted molar refractivity (Wildman–Crippen MR) is 107 cm³/mol. The first-order chi connectivity index (χ1) is 13.6. The molecule has 3 aromatic rings. The smallest absolute Gasteiger partial charge is 0.231 e. The third-order valence-corrected chi connectivity index (χ3v) is 5.04. The second-order valence-corrected chi connectivity index (χ2v) is 7.51. The number of hydrogen-bond acceptors (Lipinski definition) is 4. The molecule has 1 amide bonds. The predicted octanol–water partition coefficient (Wildman–Crippen LogP) is 3.75. The summed E-state index contributed by atoms with van der Waals surface area (Å²) in [6.45, 7) is 5.23. The van der Waals surface area contributed by atoms with E-state index in [1.54, 1.807) is 0 Å². The van der Waals surface area contributed by atoms with E-state index >= 15 is 0 Å². The SMILES string of the molecule is CC(C)CCNC(=O)CC(c1ccc2c(c1)OCO2)c1cnc2ccccn12. The number of hydrogen-bond donors (Lipinski definition) is 1. The maximum Gasteiger partial charge on any atom is 0.231 e. The quantitative estimate of drug-likeness (QED) is 0.679. The molecule has 4 rings (SSSR count).